The number of aryl methyl sites for hydroxylation is 1. The fourth-order valence-corrected chi connectivity index (χ4v) is 3.63. The van der Waals surface area contributed by atoms with Crippen LogP contribution in [0.4, 0.5) is 13.2 Å². The number of nitrogens with one attached hydrogen (secondary N) is 1. The molecule has 0 aliphatic heterocycles. The third kappa shape index (κ3) is 10.1. The Morgan fingerprint density at radius 3 is 2.18 bits per heavy atom. The van der Waals surface area contributed by atoms with Gasteiger partial charge in [-0.25, -0.2) is 0 Å². The molecule has 1 heterocycles. The number of aliphatic carboxylic acids is 1. The first-order chi connectivity index (χ1) is 18.2. The zero-order valence-electron chi connectivity index (χ0n) is 20.7. The summed E-state index contributed by atoms with van der Waals surface area (Å²) >= 11 is 0. The maximum Gasteiger partial charge on any atom is 0.573 e. The molecule has 10 heteroatoms. The lowest BCUT2D eigenvalue weighted by Crippen LogP contribution is -2.25. The number of hydrogen-bond acceptors (Lipinski definition) is 5. The molecule has 0 saturated carbocycles. The number of hydrogen-bond donors (Lipinski definition) is 2. The summed E-state index contributed by atoms with van der Waals surface area (Å²) in [5.74, 6) is -0.887. The summed E-state index contributed by atoms with van der Waals surface area (Å²) in [6.07, 6.45) is 1.74. The zero-order chi connectivity index (χ0) is 27.4. The van der Waals surface area contributed by atoms with E-state index in [2.05, 4.69) is 15.0 Å². The van der Waals surface area contributed by atoms with E-state index in [4.69, 9.17) is 9.84 Å². The van der Waals surface area contributed by atoms with E-state index >= 15 is 0 Å². The lowest BCUT2D eigenvalue weighted by molar-refractivity contribution is -0.274. The normalized spacial score (nSPS) is 11.1. The summed E-state index contributed by atoms with van der Waals surface area (Å²) < 4.78 is 46.5. The Hall–Kier alpha value is -4.08. The quantitative estimate of drug-likeness (QED) is 0.247. The van der Waals surface area contributed by atoms with Gasteiger partial charge in [0.05, 0.1) is 18.7 Å². The fraction of sp³-hybridized carbons (Fsp3) is 0.321. The highest BCUT2D eigenvalue weighted by atomic mass is 19.4. The summed E-state index contributed by atoms with van der Waals surface area (Å²) in [7, 11) is 0. The van der Waals surface area contributed by atoms with Crippen molar-refractivity contribution in [2.45, 2.75) is 44.9 Å². The van der Waals surface area contributed by atoms with Gasteiger partial charge in [-0.05, 0) is 79.4 Å². The van der Waals surface area contributed by atoms with Crippen molar-refractivity contribution in [3.05, 3.63) is 78.0 Å². The number of benzene rings is 2. The van der Waals surface area contributed by atoms with Crippen LogP contribution in [-0.2, 0) is 11.2 Å². The number of halogens is 3. The number of carboxylic acids is 1. The standard InChI is InChI=1S/C28H29F3N2O5/c29-28(30,31)38-24-13-7-21(8-14-24)25-15-6-20(19-33-25)5-3-1-2-4-18-37-23-11-9-22(10-12-23)27(36)32-17-16-26(34)35/h6-15,19H,1-5,16-18H2,(H,32,36)(H,34,35). The lowest BCUT2D eigenvalue weighted by atomic mass is 10.1. The van der Waals surface area contributed by atoms with Crippen LogP contribution in [0.25, 0.3) is 11.3 Å². The first-order valence-electron chi connectivity index (χ1n) is 12.2. The Labute approximate surface area is 218 Å². The monoisotopic (exact) mass is 530 g/mol. The van der Waals surface area contributed by atoms with Crippen LogP contribution in [0, 0.1) is 0 Å². The van der Waals surface area contributed by atoms with Crippen molar-refractivity contribution in [2.75, 3.05) is 13.2 Å². The highest BCUT2D eigenvalue weighted by Gasteiger charge is 2.30. The lowest BCUT2D eigenvalue weighted by Gasteiger charge is -2.09. The van der Waals surface area contributed by atoms with Gasteiger partial charge in [-0.1, -0.05) is 18.9 Å². The van der Waals surface area contributed by atoms with Crippen molar-refractivity contribution >= 4 is 11.9 Å². The van der Waals surface area contributed by atoms with Gasteiger partial charge >= 0.3 is 12.3 Å². The summed E-state index contributed by atoms with van der Waals surface area (Å²) in [4.78, 5) is 26.9. The third-order valence-electron chi connectivity index (χ3n) is 5.58. The van der Waals surface area contributed by atoms with Crippen LogP contribution in [0.15, 0.2) is 66.9 Å². The van der Waals surface area contributed by atoms with Gasteiger partial charge < -0.3 is 19.9 Å². The van der Waals surface area contributed by atoms with Crippen molar-refractivity contribution in [2.24, 2.45) is 0 Å². The summed E-state index contributed by atoms with van der Waals surface area (Å²) in [5, 5.41) is 11.2. The van der Waals surface area contributed by atoms with Crippen LogP contribution >= 0.6 is 0 Å². The summed E-state index contributed by atoms with van der Waals surface area (Å²) in [6.45, 7) is 0.642. The zero-order valence-corrected chi connectivity index (χ0v) is 20.7. The Balaban J connectivity index is 1.30. The van der Waals surface area contributed by atoms with Crippen molar-refractivity contribution in [3.8, 4) is 22.8 Å². The molecule has 0 unspecified atom stereocenters. The van der Waals surface area contributed by atoms with E-state index in [1.165, 1.54) is 12.1 Å². The predicted octanol–water partition coefficient (Wildman–Crippen LogP) is 6.03. The molecule has 0 aliphatic rings. The molecular weight excluding hydrogens is 501 g/mol. The van der Waals surface area contributed by atoms with Gasteiger partial charge in [0.1, 0.15) is 11.5 Å². The smallest absolute Gasteiger partial charge is 0.494 e. The van der Waals surface area contributed by atoms with Crippen molar-refractivity contribution in [1.82, 2.24) is 10.3 Å². The Morgan fingerprint density at radius 2 is 1.55 bits per heavy atom. The second kappa shape index (κ2) is 14.0. The number of amides is 1. The number of nitrogens with zero attached hydrogens (tertiary/aromatic N) is 1. The molecule has 3 rings (SSSR count). The van der Waals surface area contributed by atoms with Gasteiger partial charge in [0.15, 0.2) is 0 Å². The van der Waals surface area contributed by atoms with Gasteiger partial charge in [-0.2, -0.15) is 0 Å². The molecule has 3 aromatic rings. The number of alkyl halides is 3. The van der Waals surface area contributed by atoms with E-state index in [0.717, 1.165) is 37.7 Å². The number of carboxylic acid groups (broad SMARTS) is 1. The molecule has 0 spiro atoms. The number of aromatic nitrogens is 1. The van der Waals surface area contributed by atoms with Crippen LogP contribution in [-0.4, -0.2) is 41.5 Å². The van der Waals surface area contributed by atoms with Crippen LogP contribution in [0.1, 0.15) is 48.0 Å². The Bertz CT molecular complexity index is 1170. The molecule has 1 amide bonds. The van der Waals surface area contributed by atoms with Gasteiger partial charge in [-0.15, -0.1) is 13.2 Å². The number of carbonyl (C=O) groups excluding carboxylic acids is 1. The minimum atomic E-state index is -4.71. The first-order valence-corrected chi connectivity index (χ1v) is 12.2. The van der Waals surface area contributed by atoms with E-state index < -0.39 is 12.3 Å². The number of pyridine rings is 1. The topological polar surface area (TPSA) is 97.8 Å². The molecule has 2 aromatic carbocycles. The minimum Gasteiger partial charge on any atom is -0.494 e. The molecule has 0 atom stereocenters. The minimum absolute atomic E-state index is 0.0792. The summed E-state index contributed by atoms with van der Waals surface area (Å²) in [5.41, 5.74) is 2.92. The SMILES string of the molecule is O=C(O)CCNC(=O)c1ccc(OCCCCCCc2ccc(-c3ccc(OC(F)(F)F)cc3)nc2)cc1. The van der Waals surface area contributed by atoms with Gasteiger partial charge in [0, 0.05) is 23.9 Å². The number of carbonyl (C=O) groups is 2. The van der Waals surface area contributed by atoms with Crippen molar-refractivity contribution < 1.29 is 37.3 Å². The molecule has 38 heavy (non-hydrogen) atoms. The Kier molecular flexibility index (Phi) is 10.5. The van der Waals surface area contributed by atoms with E-state index in [1.54, 1.807) is 42.6 Å². The molecule has 1 aromatic heterocycles. The molecule has 0 fully saturated rings. The highest BCUT2D eigenvalue weighted by molar-refractivity contribution is 5.94. The van der Waals surface area contributed by atoms with Gasteiger partial charge in [0.25, 0.3) is 5.91 Å². The second-order valence-corrected chi connectivity index (χ2v) is 8.56. The predicted molar refractivity (Wildman–Crippen MR) is 135 cm³/mol. The van der Waals surface area contributed by atoms with Gasteiger partial charge in [-0.3, -0.25) is 14.6 Å². The molecule has 0 radical (unpaired) electrons. The maximum absolute atomic E-state index is 12.3. The largest absolute Gasteiger partial charge is 0.573 e. The van der Waals surface area contributed by atoms with Crippen LogP contribution in [0.5, 0.6) is 11.5 Å². The van der Waals surface area contributed by atoms with Crippen LogP contribution in [0.3, 0.4) is 0 Å². The molecule has 202 valence electrons. The number of rotatable bonds is 14. The second-order valence-electron chi connectivity index (χ2n) is 8.56. The van der Waals surface area contributed by atoms with E-state index in [1.807, 2.05) is 12.1 Å². The van der Waals surface area contributed by atoms with E-state index in [0.29, 0.717) is 29.2 Å². The molecule has 0 bridgehead atoms. The summed E-state index contributed by atoms with van der Waals surface area (Å²) in [6, 6.07) is 16.2. The number of unbranched alkanes of at least 4 members (excludes halogenated alkanes) is 3. The van der Waals surface area contributed by atoms with E-state index in [9.17, 15) is 22.8 Å². The molecular formula is C28H29F3N2O5. The maximum atomic E-state index is 12.3. The van der Waals surface area contributed by atoms with Crippen LogP contribution < -0.4 is 14.8 Å². The average molecular weight is 531 g/mol. The molecule has 0 aliphatic carbocycles. The van der Waals surface area contributed by atoms with E-state index in [-0.39, 0.29) is 24.6 Å². The number of ether oxygens (including phenoxy) is 2. The fourth-order valence-electron chi connectivity index (χ4n) is 3.63. The van der Waals surface area contributed by atoms with Crippen LogP contribution in [0.2, 0.25) is 0 Å². The van der Waals surface area contributed by atoms with Crippen molar-refractivity contribution in [1.29, 1.82) is 0 Å². The average Bonchev–Trinajstić information content (AvgIpc) is 2.88. The first kappa shape index (κ1) is 28.5. The highest BCUT2D eigenvalue weighted by Crippen LogP contribution is 2.26. The molecule has 0 saturated heterocycles. The molecule has 7 nitrogen and oxygen atoms in total. The van der Waals surface area contributed by atoms with Gasteiger partial charge in [0.2, 0.25) is 0 Å². The van der Waals surface area contributed by atoms with Crippen molar-refractivity contribution in [3.63, 3.8) is 0 Å². The molecule has 2 N–H and O–H groups in total. The third-order valence-corrected chi connectivity index (χ3v) is 5.58. The Morgan fingerprint density at radius 1 is 0.868 bits per heavy atom.